The standard InChI is InChI=1S/C22H18ClN3O3S2/c1-26(14-15-6-3-2-4-7-15)31(28,29)17-12-10-16(11-13-17)21(27)25-22-24-20-18(23)8-5-9-19(20)30-22/h2-13H,14H2,1H3,(H,24,25,27). The van der Waals surface area contributed by atoms with Gasteiger partial charge in [0.15, 0.2) is 5.13 Å². The Kier molecular flexibility index (Phi) is 6.06. The maximum Gasteiger partial charge on any atom is 0.257 e. The molecular weight excluding hydrogens is 454 g/mol. The molecule has 4 aromatic rings. The number of hydrogen-bond acceptors (Lipinski definition) is 5. The van der Waals surface area contributed by atoms with E-state index in [0.29, 0.717) is 21.2 Å². The molecule has 0 aliphatic carbocycles. The molecule has 9 heteroatoms. The van der Waals surface area contributed by atoms with Gasteiger partial charge in [0.25, 0.3) is 5.91 Å². The van der Waals surface area contributed by atoms with Crippen LogP contribution in [0, 0.1) is 0 Å². The quantitative estimate of drug-likeness (QED) is 0.428. The molecule has 0 saturated heterocycles. The molecule has 0 aliphatic rings. The highest BCUT2D eigenvalue weighted by atomic mass is 35.5. The van der Waals surface area contributed by atoms with Gasteiger partial charge in [-0.1, -0.05) is 59.3 Å². The second-order valence-corrected chi connectivity index (χ2v) is 10.3. The van der Waals surface area contributed by atoms with E-state index < -0.39 is 10.0 Å². The smallest absolute Gasteiger partial charge is 0.257 e. The van der Waals surface area contributed by atoms with Crippen molar-refractivity contribution in [3.8, 4) is 0 Å². The first kappa shape index (κ1) is 21.5. The van der Waals surface area contributed by atoms with Crippen LogP contribution in [0.2, 0.25) is 5.02 Å². The van der Waals surface area contributed by atoms with Crippen LogP contribution in [0.15, 0.2) is 77.7 Å². The van der Waals surface area contributed by atoms with Gasteiger partial charge in [0.2, 0.25) is 10.0 Å². The van der Waals surface area contributed by atoms with Crippen LogP contribution in [0.25, 0.3) is 10.2 Å². The topological polar surface area (TPSA) is 79.4 Å². The Balaban J connectivity index is 1.48. The molecule has 1 heterocycles. The van der Waals surface area contributed by atoms with Crippen LogP contribution in [0.5, 0.6) is 0 Å². The van der Waals surface area contributed by atoms with E-state index in [1.54, 1.807) is 6.07 Å². The molecule has 0 bridgehead atoms. The molecule has 0 radical (unpaired) electrons. The lowest BCUT2D eigenvalue weighted by Gasteiger charge is -2.17. The first-order chi connectivity index (χ1) is 14.8. The van der Waals surface area contributed by atoms with E-state index in [4.69, 9.17) is 11.6 Å². The molecule has 1 N–H and O–H groups in total. The average molecular weight is 472 g/mol. The summed E-state index contributed by atoms with van der Waals surface area (Å²) < 4.78 is 27.8. The lowest BCUT2D eigenvalue weighted by molar-refractivity contribution is 0.102. The number of rotatable bonds is 6. The van der Waals surface area contributed by atoms with Crippen LogP contribution in [0.4, 0.5) is 5.13 Å². The summed E-state index contributed by atoms with van der Waals surface area (Å²) in [6.07, 6.45) is 0. The van der Waals surface area contributed by atoms with Crippen LogP contribution < -0.4 is 5.32 Å². The Morgan fingerprint density at radius 3 is 2.42 bits per heavy atom. The van der Waals surface area contributed by atoms with Crippen molar-refractivity contribution in [2.45, 2.75) is 11.4 Å². The lowest BCUT2D eigenvalue weighted by Crippen LogP contribution is -2.26. The highest BCUT2D eigenvalue weighted by Gasteiger charge is 2.21. The molecule has 0 fully saturated rings. The normalized spacial score (nSPS) is 11.7. The number of aromatic nitrogens is 1. The number of nitrogens with one attached hydrogen (secondary N) is 1. The minimum Gasteiger partial charge on any atom is -0.298 e. The average Bonchev–Trinajstić information content (AvgIpc) is 3.18. The molecule has 0 atom stereocenters. The number of halogens is 1. The lowest BCUT2D eigenvalue weighted by atomic mass is 10.2. The highest BCUT2D eigenvalue weighted by Crippen LogP contribution is 2.31. The zero-order chi connectivity index (χ0) is 22.0. The van der Waals surface area contributed by atoms with E-state index >= 15 is 0 Å². The van der Waals surface area contributed by atoms with Gasteiger partial charge < -0.3 is 0 Å². The summed E-state index contributed by atoms with van der Waals surface area (Å²) in [7, 11) is -2.15. The molecule has 31 heavy (non-hydrogen) atoms. The van der Waals surface area contributed by atoms with Crippen molar-refractivity contribution < 1.29 is 13.2 Å². The number of anilines is 1. The van der Waals surface area contributed by atoms with Crippen LogP contribution in [0.1, 0.15) is 15.9 Å². The van der Waals surface area contributed by atoms with Crippen molar-refractivity contribution in [3.63, 3.8) is 0 Å². The minimum atomic E-state index is -3.68. The summed E-state index contributed by atoms with van der Waals surface area (Å²) in [5.41, 5.74) is 1.85. The Labute approximate surface area is 189 Å². The predicted octanol–water partition coefficient (Wildman–Crippen LogP) is 5.02. The first-order valence-electron chi connectivity index (χ1n) is 9.31. The molecule has 1 amide bonds. The monoisotopic (exact) mass is 471 g/mol. The van der Waals surface area contributed by atoms with Gasteiger partial charge in [-0.25, -0.2) is 13.4 Å². The minimum absolute atomic E-state index is 0.120. The van der Waals surface area contributed by atoms with Gasteiger partial charge in [-0.3, -0.25) is 10.1 Å². The third kappa shape index (κ3) is 4.62. The summed E-state index contributed by atoms with van der Waals surface area (Å²) >= 11 is 7.45. The number of carbonyl (C=O) groups excluding carboxylic acids is 1. The highest BCUT2D eigenvalue weighted by molar-refractivity contribution is 7.89. The van der Waals surface area contributed by atoms with Gasteiger partial charge in [-0.15, -0.1) is 0 Å². The zero-order valence-electron chi connectivity index (χ0n) is 16.4. The second-order valence-electron chi connectivity index (χ2n) is 6.83. The number of fused-ring (bicyclic) bond motifs is 1. The molecule has 1 aromatic heterocycles. The van der Waals surface area contributed by atoms with Crippen LogP contribution >= 0.6 is 22.9 Å². The Morgan fingerprint density at radius 2 is 1.74 bits per heavy atom. The fourth-order valence-corrected chi connectivity index (χ4v) is 5.34. The summed E-state index contributed by atoms with van der Waals surface area (Å²) in [5, 5.41) is 3.68. The second kappa shape index (κ2) is 8.76. The number of sulfonamides is 1. The number of amides is 1. The van der Waals surface area contributed by atoms with Gasteiger partial charge >= 0.3 is 0 Å². The Bertz CT molecular complexity index is 1340. The van der Waals surface area contributed by atoms with Gasteiger partial charge in [0.1, 0.15) is 5.52 Å². The van der Waals surface area contributed by atoms with Crippen molar-refractivity contribution in [2.24, 2.45) is 0 Å². The third-order valence-electron chi connectivity index (χ3n) is 4.66. The van der Waals surface area contributed by atoms with Crippen molar-refractivity contribution in [1.29, 1.82) is 0 Å². The third-order valence-corrected chi connectivity index (χ3v) is 7.72. The first-order valence-corrected chi connectivity index (χ1v) is 11.9. The van der Waals surface area contributed by atoms with Gasteiger partial charge in [-0.05, 0) is 42.0 Å². The van der Waals surface area contributed by atoms with Gasteiger partial charge in [0.05, 0.1) is 14.6 Å². The molecule has 0 aliphatic heterocycles. The van der Waals surface area contributed by atoms with Crippen LogP contribution in [0.3, 0.4) is 0 Å². The fraction of sp³-hybridized carbons (Fsp3) is 0.0909. The van der Waals surface area contributed by atoms with E-state index in [9.17, 15) is 13.2 Å². The van der Waals surface area contributed by atoms with E-state index in [1.165, 1.54) is 47.0 Å². The molecule has 158 valence electrons. The fourth-order valence-electron chi connectivity index (χ4n) is 3.02. The molecule has 0 spiro atoms. The summed E-state index contributed by atoms with van der Waals surface area (Å²) in [6.45, 7) is 0.256. The number of thiazole rings is 1. The number of carbonyl (C=O) groups is 1. The van der Waals surface area contributed by atoms with Gasteiger partial charge in [0, 0.05) is 19.2 Å². The number of para-hydroxylation sites is 1. The number of benzene rings is 3. The maximum atomic E-state index is 12.8. The number of hydrogen-bond donors (Lipinski definition) is 1. The zero-order valence-corrected chi connectivity index (χ0v) is 18.8. The molecule has 0 unspecified atom stereocenters. The van der Waals surface area contributed by atoms with E-state index in [2.05, 4.69) is 10.3 Å². The molecule has 3 aromatic carbocycles. The molecule has 4 rings (SSSR count). The van der Waals surface area contributed by atoms with Crippen molar-refractivity contribution in [3.05, 3.63) is 88.9 Å². The predicted molar refractivity (Wildman–Crippen MR) is 124 cm³/mol. The van der Waals surface area contributed by atoms with Crippen molar-refractivity contribution in [2.75, 3.05) is 12.4 Å². The molecule has 6 nitrogen and oxygen atoms in total. The maximum absolute atomic E-state index is 12.8. The Hall–Kier alpha value is -2.78. The van der Waals surface area contributed by atoms with E-state index in [1.807, 2.05) is 42.5 Å². The van der Waals surface area contributed by atoms with E-state index in [-0.39, 0.29) is 17.3 Å². The van der Waals surface area contributed by atoms with Crippen molar-refractivity contribution in [1.82, 2.24) is 9.29 Å². The van der Waals surface area contributed by atoms with Gasteiger partial charge in [-0.2, -0.15) is 4.31 Å². The van der Waals surface area contributed by atoms with Crippen LogP contribution in [-0.2, 0) is 16.6 Å². The Morgan fingerprint density at radius 1 is 1.03 bits per heavy atom. The summed E-state index contributed by atoms with van der Waals surface area (Å²) in [6, 6.07) is 20.6. The molecule has 0 saturated carbocycles. The van der Waals surface area contributed by atoms with Crippen molar-refractivity contribution >= 4 is 54.2 Å². The largest absolute Gasteiger partial charge is 0.298 e. The summed E-state index contributed by atoms with van der Waals surface area (Å²) in [4.78, 5) is 17.0. The SMILES string of the molecule is CN(Cc1ccccc1)S(=O)(=O)c1ccc(C(=O)Nc2nc3c(Cl)cccc3s2)cc1. The molecular formula is C22H18ClN3O3S2. The number of nitrogens with zero attached hydrogens (tertiary/aromatic N) is 2. The summed E-state index contributed by atoms with van der Waals surface area (Å²) in [5.74, 6) is -0.378. The van der Waals surface area contributed by atoms with E-state index in [0.717, 1.165) is 10.3 Å². The van der Waals surface area contributed by atoms with Crippen LogP contribution in [-0.4, -0.2) is 30.7 Å².